The number of hydrogen-bond donors (Lipinski definition) is 1. The van der Waals surface area contributed by atoms with Crippen LogP contribution in [0.1, 0.15) is 25.1 Å². The Labute approximate surface area is 129 Å². The Kier molecular flexibility index (Phi) is 4.97. The second kappa shape index (κ2) is 6.72. The van der Waals surface area contributed by atoms with Crippen LogP contribution in [0, 0.1) is 24.2 Å². The number of thiophene rings is 1. The summed E-state index contributed by atoms with van der Waals surface area (Å²) in [5, 5.41) is 13.0. The van der Waals surface area contributed by atoms with Crippen LogP contribution < -0.4 is 10.2 Å². The fourth-order valence-corrected chi connectivity index (χ4v) is 3.16. The first-order valence-electron chi connectivity index (χ1n) is 7.13. The van der Waals surface area contributed by atoms with E-state index in [4.69, 9.17) is 5.26 Å². The standard InChI is InChI=1S/C15H21N5S/c1-10(2)9-20(7-5-6-16)13-12-8-11(3)21-14(12)19-15(17-4)18-13/h8,10H,5,7,9H2,1-4H3,(H,17,18,19). The zero-order valence-corrected chi connectivity index (χ0v) is 13.8. The van der Waals surface area contributed by atoms with Crippen molar-refractivity contribution in [3.05, 3.63) is 10.9 Å². The second-order valence-corrected chi connectivity index (χ2v) is 6.68. The van der Waals surface area contributed by atoms with E-state index in [0.717, 1.165) is 22.6 Å². The minimum atomic E-state index is 0.496. The molecule has 0 bridgehead atoms. The van der Waals surface area contributed by atoms with Crippen molar-refractivity contribution in [1.82, 2.24) is 9.97 Å². The Morgan fingerprint density at radius 2 is 2.19 bits per heavy atom. The van der Waals surface area contributed by atoms with Crippen molar-refractivity contribution in [2.75, 3.05) is 30.4 Å². The molecule has 2 rings (SSSR count). The number of nitriles is 1. The lowest BCUT2D eigenvalue weighted by Gasteiger charge is -2.25. The van der Waals surface area contributed by atoms with Crippen LogP contribution in [0.25, 0.3) is 10.2 Å². The first-order chi connectivity index (χ1) is 10.0. The molecule has 2 heterocycles. The normalized spacial score (nSPS) is 10.9. The van der Waals surface area contributed by atoms with E-state index in [9.17, 15) is 0 Å². The molecule has 0 aliphatic rings. The van der Waals surface area contributed by atoms with Crippen molar-refractivity contribution in [2.45, 2.75) is 27.2 Å². The summed E-state index contributed by atoms with van der Waals surface area (Å²) in [7, 11) is 1.83. The summed E-state index contributed by atoms with van der Waals surface area (Å²) in [4.78, 5) is 13.6. The second-order valence-electron chi connectivity index (χ2n) is 5.44. The number of rotatable bonds is 6. The number of nitrogens with one attached hydrogen (secondary N) is 1. The van der Waals surface area contributed by atoms with Gasteiger partial charge in [0.1, 0.15) is 10.6 Å². The molecule has 0 aliphatic heterocycles. The van der Waals surface area contributed by atoms with Gasteiger partial charge in [-0.25, -0.2) is 4.98 Å². The van der Waals surface area contributed by atoms with Crippen LogP contribution in [0.3, 0.4) is 0 Å². The number of aryl methyl sites for hydroxylation is 1. The lowest BCUT2D eigenvalue weighted by molar-refractivity contribution is 0.609. The maximum absolute atomic E-state index is 8.89. The average molecular weight is 303 g/mol. The molecular weight excluding hydrogens is 282 g/mol. The molecule has 0 aliphatic carbocycles. The van der Waals surface area contributed by atoms with Crippen LogP contribution in [-0.2, 0) is 0 Å². The van der Waals surface area contributed by atoms with Gasteiger partial charge in [0, 0.05) is 25.0 Å². The van der Waals surface area contributed by atoms with Gasteiger partial charge in [0.25, 0.3) is 0 Å². The van der Waals surface area contributed by atoms with Gasteiger partial charge >= 0.3 is 0 Å². The van der Waals surface area contributed by atoms with Crippen LogP contribution >= 0.6 is 11.3 Å². The van der Waals surface area contributed by atoms with Crippen LogP contribution in [0.4, 0.5) is 11.8 Å². The molecule has 0 saturated heterocycles. The Morgan fingerprint density at radius 3 is 2.81 bits per heavy atom. The molecule has 0 unspecified atom stereocenters. The van der Waals surface area contributed by atoms with E-state index >= 15 is 0 Å². The highest BCUT2D eigenvalue weighted by molar-refractivity contribution is 7.18. The highest BCUT2D eigenvalue weighted by Crippen LogP contribution is 2.32. The molecule has 0 atom stereocenters. The van der Waals surface area contributed by atoms with Crippen LogP contribution in [-0.4, -0.2) is 30.1 Å². The Bertz CT molecular complexity index is 656. The Morgan fingerprint density at radius 1 is 1.43 bits per heavy atom. The van der Waals surface area contributed by atoms with Crippen molar-refractivity contribution in [3.8, 4) is 6.07 Å². The molecule has 0 aromatic carbocycles. The number of hydrogen-bond acceptors (Lipinski definition) is 6. The summed E-state index contributed by atoms with van der Waals surface area (Å²) < 4.78 is 0. The highest BCUT2D eigenvalue weighted by Gasteiger charge is 2.17. The SMILES string of the molecule is CNc1nc(N(CCC#N)CC(C)C)c2cc(C)sc2n1. The number of anilines is 2. The van der Waals surface area contributed by atoms with Gasteiger partial charge in [-0.15, -0.1) is 11.3 Å². The molecule has 0 saturated carbocycles. The van der Waals surface area contributed by atoms with Gasteiger partial charge in [0.05, 0.1) is 17.9 Å². The van der Waals surface area contributed by atoms with Crippen LogP contribution in [0.2, 0.25) is 0 Å². The summed E-state index contributed by atoms with van der Waals surface area (Å²) >= 11 is 1.67. The topological polar surface area (TPSA) is 64.8 Å². The molecule has 2 aromatic rings. The van der Waals surface area contributed by atoms with Crippen molar-refractivity contribution in [3.63, 3.8) is 0 Å². The number of nitrogens with zero attached hydrogens (tertiary/aromatic N) is 4. The predicted molar refractivity (Wildman–Crippen MR) is 89.0 cm³/mol. The predicted octanol–water partition coefficient (Wildman–Crippen LogP) is 3.42. The van der Waals surface area contributed by atoms with E-state index in [-0.39, 0.29) is 0 Å². The molecule has 0 fully saturated rings. The van der Waals surface area contributed by atoms with Crippen molar-refractivity contribution < 1.29 is 0 Å². The molecule has 21 heavy (non-hydrogen) atoms. The van der Waals surface area contributed by atoms with Gasteiger partial charge < -0.3 is 10.2 Å². The third-order valence-corrected chi connectivity index (χ3v) is 4.04. The molecule has 112 valence electrons. The Balaban J connectivity index is 2.51. The van der Waals surface area contributed by atoms with Gasteiger partial charge in [0.15, 0.2) is 0 Å². The maximum atomic E-state index is 8.89. The quantitative estimate of drug-likeness (QED) is 0.886. The zero-order valence-electron chi connectivity index (χ0n) is 13.0. The first-order valence-corrected chi connectivity index (χ1v) is 7.94. The third-order valence-electron chi connectivity index (χ3n) is 3.10. The summed E-state index contributed by atoms with van der Waals surface area (Å²) in [6, 6.07) is 4.36. The highest BCUT2D eigenvalue weighted by atomic mass is 32.1. The van der Waals surface area contributed by atoms with Crippen LogP contribution in [0.15, 0.2) is 6.07 Å². The van der Waals surface area contributed by atoms with Crippen molar-refractivity contribution in [2.24, 2.45) is 5.92 Å². The largest absolute Gasteiger partial charge is 0.357 e. The fourth-order valence-electron chi connectivity index (χ4n) is 2.29. The molecule has 2 aromatic heterocycles. The van der Waals surface area contributed by atoms with E-state index in [1.807, 2.05) is 7.05 Å². The average Bonchev–Trinajstić information content (AvgIpc) is 2.82. The van der Waals surface area contributed by atoms with Crippen molar-refractivity contribution >= 4 is 33.3 Å². The molecule has 0 spiro atoms. The maximum Gasteiger partial charge on any atom is 0.225 e. The van der Waals surface area contributed by atoms with E-state index in [0.29, 0.717) is 24.8 Å². The van der Waals surface area contributed by atoms with Gasteiger partial charge in [0.2, 0.25) is 5.95 Å². The first kappa shape index (κ1) is 15.5. The molecule has 1 N–H and O–H groups in total. The molecule has 0 amide bonds. The minimum Gasteiger partial charge on any atom is -0.357 e. The lowest BCUT2D eigenvalue weighted by Crippen LogP contribution is -2.29. The van der Waals surface area contributed by atoms with Gasteiger partial charge in [-0.2, -0.15) is 10.2 Å². The smallest absolute Gasteiger partial charge is 0.225 e. The molecular formula is C15H21N5S. The van der Waals surface area contributed by atoms with Crippen molar-refractivity contribution in [1.29, 1.82) is 5.26 Å². The van der Waals surface area contributed by atoms with Gasteiger partial charge in [-0.05, 0) is 18.9 Å². The molecule has 0 radical (unpaired) electrons. The Hall–Kier alpha value is -1.87. The van der Waals surface area contributed by atoms with E-state index < -0.39 is 0 Å². The molecule has 5 nitrogen and oxygen atoms in total. The van der Waals surface area contributed by atoms with E-state index in [1.54, 1.807) is 11.3 Å². The fraction of sp³-hybridized carbons (Fsp3) is 0.533. The van der Waals surface area contributed by atoms with E-state index in [1.165, 1.54) is 4.88 Å². The summed E-state index contributed by atoms with van der Waals surface area (Å²) in [6.07, 6.45) is 0.496. The number of fused-ring (bicyclic) bond motifs is 1. The number of aromatic nitrogens is 2. The monoisotopic (exact) mass is 303 g/mol. The summed E-state index contributed by atoms with van der Waals surface area (Å²) in [5.74, 6) is 2.06. The summed E-state index contributed by atoms with van der Waals surface area (Å²) in [6.45, 7) is 8.01. The zero-order chi connectivity index (χ0) is 15.4. The minimum absolute atomic E-state index is 0.496. The molecule has 6 heteroatoms. The van der Waals surface area contributed by atoms with Crippen LogP contribution in [0.5, 0.6) is 0 Å². The summed E-state index contributed by atoms with van der Waals surface area (Å²) in [5.41, 5.74) is 0. The lowest BCUT2D eigenvalue weighted by atomic mass is 10.2. The third kappa shape index (κ3) is 3.61. The van der Waals surface area contributed by atoms with Gasteiger partial charge in [-0.1, -0.05) is 13.8 Å². The van der Waals surface area contributed by atoms with Gasteiger partial charge in [-0.3, -0.25) is 0 Å². The van der Waals surface area contributed by atoms with E-state index in [2.05, 4.69) is 53.1 Å².